The highest BCUT2D eigenvalue weighted by Crippen LogP contribution is 2.13. The van der Waals surface area contributed by atoms with Crippen molar-refractivity contribution in [2.45, 2.75) is 39.3 Å². The van der Waals surface area contributed by atoms with Crippen LogP contribution in [0, 0.1) is 11.3 Å². The first-order valence-corrected chi connectivity index (χ1v) is 7.41. The molecule has 1 aromatic carbocycles. The van der Waals surface area contributed by atoms with E-state index >= 15 is 0 Å². The van der Waals surface area contributed by atoms with E-state index in [4.69, 9.17) is 9.68 Å². The van der Waals surface area contributed by atoms with Gasteiger partial charge in [-0.05, 0) is 43.7 Å². The Balaban J connectivity index is 1.99. The number of carbonyl (C=O) groups excluding carboxylic acids is 1. The summed E-state index contributed by atoms with van der Waals surface area (Å²) in [5.74, 6) is 0.936. The van der Waals surface area contributed by atoms with Crippen molar-refractivity contribution in [1.82, 2.24) is 4.90 Å². The molecule has 1 aromatic heterocycles. The first-order chi connectivity index (χ1) is 10.6. The Morgan fingerprint density at radius 1 is 1.27 bits per heavy atom. The average molecular weight is 296 g/mol. The van der Waals surface area contributed by atoms with Crippen LogP contribution in [0.25, 0.3) is 0 Å². The molecular weight excluding hydrogens is 276 g/mol. The molecule has 1 heterocycles. The Labute approximate surface area is 131 Å². The number of amides is 1. The molecule has 0 spiro atoms. The molecule has 0 aliphatic rings. The highest BCUT2D eigenvalue weighted by Gasteiger charge is 2.17. The zero-order chi connectivity index (χ0) is 15.9. The first-order valence-electron chi connectivity index (χ1n) is 7.41. The van der Waals surface area contributed by atoms with Gasteiger partial charge >= 0.3 is 0 Å². The van der Waals surface area contributed by atoms with Crippen LogP contribution in [0.1, 0.15) is 37.2 Å². The molecular formula is C18H20N2O2. The predicted octanol–water partition coefficient (Wildman–Crippen LogP) is 3.52. The van der Waals surface area contributed by atoms with Crippen LogP contribution in [0.2, 0.25) is 0 Å². The Kier molecular flexibility index (Phi) is 5.37. The third-order valence-electron chi connectivity index (χ3n) is 3.55. The van der Waals surface area contributed by atoms with E-state index in [2.05, 4.69) is 6.07 Å². The van der Waals surface area contributed by atoms with E-state index in [9.17, 15) is 4.79 Å². The molecule has 0 aliphatic carbocycles. The molecule has 4 heteroatoms. The van der Waals surface area contributed by atoms with Gasteiger partial charge in [-0.25, -0.2) is 0 Å². The highest BCUT2D eigenvalue weighted by atomic mass is 16.3. The van der Waals surface area contributed by atoms with Crippen molar-refractivity contribution < 1.29 is 9.21 Å². The number of nitriles is 1. The summed E-state index contributed by atoms with van der Waals surface area (Å²) in [6, 6.07) is 13.3. The zero-order valence-electron chi connectivity index (χ0n) is 13.0. The first kappa shape index (κ1) is 15.8. The van der Waals surface area contributed by atoms with Gasteiger partial charge < -0.3 is 9.32 Å². The lowest BCUT2D eigenvalue weighted by Gasteiger charge is -2.27. The van der Waals surface area contributed by atoms with Crippen LogP contribution in [-0.4, -0.2) is 16.8 Å². The third kappa shape index (κ3) is 4.23. The minimum Gasteiger partial charge on any atom is -0.469 e. The van der Waals surface area contributed by atoms with Crippen molar-refractivity contribution in [3.05, 3.63) is 59.5 Å². The van der Waals surface area contributed by atoms with E-state index in [-0.39, 0.29) is 11.9 Å². The number of nitrogens with zero attached hydrogens (tertiary/aromatic N) is 2. The number of carbonyl (C=O) groups is 1. The lowest BCUT2D eigenvalue weighted by molar-refractivity contribution is -0.133. The maximum Gasteiger partial charge on any atom is 0.223 e. The molecule has 0 unspecified atom stereocenters. The van der Waals surface area contributed by atoms with Crippen LogP contribution < -0.4 is 0 Å². The van der Waals surface area contributed by atoms with E-state index in [1.54, 1.807) is 18.4 Å². The molecule has 0 aliphatic heterocycles. The molecule has 0 fully saturated rings. The standard InChI is InChI=1S/C18H20N2O2/c1-14(2)20(13-16-7-5-15(12-19)6-8-16)18(21)10-9-17-4-3-11-22-17/h3-8,11,14H,9-10,13H2,1-2H3. The maximum atomic E-state index is 12.4. The number of benzene rings is 1. The average Bonchev–Trinajstić information content (AvgIpc) is 3.04. The minimum atomic E-state index is 0.107. The molecule has 0 N–H and O–H groups in total. The predicted molar refractivity (Wildman–Crippen MR) is 83.9 cm³/mol. The van der Waals surface area contributed by atoms with Gasteiger partial charge in [-0.1, -0.05) is 12.1 Å². The molecule has 2 rings (SSSR count). The topological polar surface area (TPSA) is 57.2 Å². The van der Waals surface area contributed by atoms with Crippen molar-refractivity contribution in [2.75, 3.05) is 0 Å². The summed E-state index contributed by atoms with van der Waals surface area (Å²) in [6.07, 6.45) is 2.67. The second-order valence-corrected chi connectivity index (χ2v) is 5.50. The van der Waals surface area contributed by atoms with Crippen LogP contribution in [-0.2, 0) is 17.8 Å². The molecule has 0 bridgehead atoms. The third-order valence-corrected chi connectivity index (χ3v) is 3.55. The minimum absolute atomic E-state index is 0.107. The molecule has 22 heavy (non-hydrogen) atoms. The molecule has 2 aromatic rings. The molecule has 1 amide bonds. The smallest absolute Gasteiger partial charge is 0.223 e. The summed E-state index contributed by atoms with van der Waals surface area (Å²) in [6.45, 7) is 4.57. The second-order valence-electron chi connectivity index (χ2n) is 5.50. The lowest BCUT2D eigenvalue weighted by atomic mass is 10.1. The fraction of sp³-hybridized carbons (Fsp3) is 0.333. The molecule has 0 saturated heterocycles. The Morgan fingerprint density at radius 2 is 2.00 bits per heavy atom. The molecule has 4 nitrogen and oxygen atoms in total. The number of aryl methyl sites for hydroxylation is 1. The van der Waals surface area contributed by atoms with E-state index in [0.717, 1.165) is 11.3 Å². The van der Waals surface area contributed by atoms with E-state index < -0.39 is 0 Å². The van der Waals surface area contributed by atoms with Crippen molar-refractivity contribution in [3.8, 4) is 6.07 Å². The monoisotopic (exact) mass is 296 g/mol. The molecule has 0 radical (unpaired) electrons. The second kappa shape index (κ2) is 7.46. The van der Waals surface area contributed by atoms with Crippen molar-refractivity contribution >= 4 is 5.91 Å². The summed E-state index contributed by atoms with van der Waals surface area (Å²) in [4.78, 5) is 14.3. The van der Waals surface area contributed by atoms with Gasteiger partial charge in [0, 0.05) is 25.4 Å². The van der Waals surface area contributed by atoms with Crippen molar-refractivity contribution in [3.63, 3.8) is 0 Å². The van der Waals surface area contributed by atoms with Gasteiger partial charge in [0.2, 0.25) is 5.91 Å². The maximum absolute atomic E-state index is 12.4. The van der Waals surface area contributed by atoms with Gasteiger partial charge in [-0.15, -0.1) is 0 Å². The molecule has 114 valence electrons. The largest absolute Gasteiger partial charge is 0.469 e. The van der Waals surface area contributed by atoms with E-state index in [1.807, 2.05) is 43.0 Å². The van der Waals surface area contributed by atoms with Crippen LogP contribution >= 0.6 is 0 Å². The number of hydrogen-bond acceptors (Lipinski definition) is 3. The van der Waals surface area contributed by atoms with Gasteiger partial charge in [0.1, 0.15) is 5.76 Å². The number of rotatable bonds is 6. The summed E-state index contributed by atoms with van der Waals surface area (Å²) in [5, 5.41) is 8.82. The summed E-state index contributed by atoms with van der Waals surface area (Å²) >= 11 is 0. The van der Waals surface area contributed by atoms with Crippen LogP contribution in [0.4, 0.5) is 0 Å². The lowest BCUT2D eigenvalue weighted by Crippen LogP contribution is -2.36. The van der Waals surface area contributed by atoms with Gasteiger partial charge in [0.05, 0.1) is 17.9 Å². The van der Waals surface area contributed by atoms with Crippen molar-refractivity contribution in [2.24, 2.45) is 0 Å². The molecule has 0 saturated carbocycles. The van der Waals surface area contributed by atoms with Gasteiger partial charge in [0.25, 0.3) is 0 Å². The summed E-state index contributed by atoms with van der Waals surface area (Å²) < 4.78 is 5.27. The van der Waals surface area contributed by atoms with E-state index in [0.29, 0.717) is 24.9 Å². The summed E-state index contributed by atoms with van der Waals surface area (Å²) in [7, 11) is 0. The fourth-order valence-corrected chi connectivity index (χ4v) is 2.27. The van der Waals surface area contributed by atoms with Gasteiger partial charge in [0.15, 0.2) is 0 Å². The Morgan fingerprint density at radius 3 is 2.55 bits per heavy atom. The zero-order valence-corrected chi connectivity index (χ0v) is 13.0. The van der Waals surface area contributed by atoms with Gasteiger partial charge in [-0.2, -0.15) is 5.26 Å². The quantitative estimate of drug-likeness (QED) is 0.819. The van der Waals surface area contributed by atoms with Crippen LogP contribution in [0.5, 0.6) is 0 Å². The highest BCUT2D eigenvalue weighted by molar-refractivity contribution is 5.76. The Bertz CT molecular complexity index is 637. The SMILES string of the molecule is CC(C)N(Cc1ccc(C#N)cc1)C(=O)CCc1ccco1. The fourth-order valence-electron chi connectivity index (χ4n) is 2.27. The van der Waals surface area contributed by atoms with Crippen LogP contribution in [0.3, 0.4) is 0 Å². The van der Waals surface area contributed by atoms with E-state index in [1.165, 1.54) is 0 Å². The normalized spacial score (nSPS) is 10.5. The Hall–Kier alpha value is -2.54. The molecule has 0 atom stereocenters. The number of furan rings is 1. The summed E-state index contributed by atoms with van der Waals surface area (Å²) in [5.41, 5.74) is 1.66. The van der Waals surface area contributed by atoms with Crippen LogP contribution in [0.15, 0.2) is 47.1 Å². The van der Waals surface area contributed by atoms with Gasteiger partial charge in [-0.3, -0.25) is 4.79 Å². The van der Waals surface area contributed by atoms with Crippen molar-refractivity contribution in [1.29, 1.82) is 5.26 Å². The number of hydrogen-bond donors (Lipinski definition) is 0.